The van der Waals surface area contributed by atoms with Crippen LogP contribution in [0.5, 0.6) is 11.5 Å². The van der Waals surface area contributed by atoms with E-state index in [1.807, 2.05) is 32.9 Å². The van der Waals surface area contributed by atoms with Crippen LogP contribution in [0.25, 0.3) is 0 Å². The number of anilines is 1. The summed E-state index contributed by atoms with van der Waals surface area (Å²) in [6.45, 7) is 8.38. The van der Waals surface area contributed by atoms with E-state index in [1.54, 1.807) is 26.4 Å². The maximum absolute atomic E-state index is 10.4. The van der Waals surface area contributed by atoms with Crippen LogP contribution in [0, 0.1) is 12.8 Å². The Morgan fingerprint density at radius 1 is 1.09 bits per heavy atom. The first kappa shape index (κ1) is 26.5. The van der Waals surface area contributed by atoms with Crippen LogP contribution in [0.3, 0.4) is 0 Å². The van der Waals surface area contributed by atoms with Crippen LogP contribution in [-0.4, -0.2) is 45.3 Å². The zero-order valence-electron chi connectivity index (χ0n) is 21.1. The van der Waals surface area contributed by atoms with Crippen molar-refractivity contribution in [3.05, 3.63) is 53.6 Å². The number of carbonyl (C=O) groups is 1. The van der Waals surface area contributed by atoms with Crippen LogP contribution < -0.4 is 20.5 Å². The molecule has 2 aromatic rings. The van der Waals surface area contributed by atoms with E-state index in [9.17, 15) is 4.79 Å². The normalized spacial score (nSPS) is 21.5. The molecule has 0 aromatic heterocycles. The topological polar surface area (TPSA) is 76.8 Å². The second kappa shape index (κ2) is 12.5. The molecule has 6 heteroatoms. The largest absolute Gasteiger partial charge is 0.493 e. The maximum Gasteiger partial charge on any atom is 0.316 e. The average Bonchev–Trinajstić information content (AvgIpc) is 3.18. The van der Waals surface area contributed by atoms with Gasteiger partial charge in [-0.15, -0.1) is 0 Å². The number of hydrogen-bond acceptors (Lipinski definition) is 4. The summed E-state index contributed by atoms with van der Waals surface area (Å²) in [6, 6.07) is 13.4. The van der Waals surface area contributed by atoms with Gasteiger partial charge in [0.2, 0.25) is 0 Å². The lowest BCUT2D eigenvalue weighted by Crippen LogP contribution is -2.37. The third-order valence-electron chi connectivity index (χ3n) is 6.57. The van der Waals surface area contributed by atoms with Crippen molar-refractivity contribution in [2.24, 2.45) is 11.7 Å². The summed E-state index contributed by atoms with van der Waals surface area (Å²) in [5.74, 6) is 2.48. The fourth-order valence-corrected chi connectivity index (χ4v) is 5.10. The summed E-state index contributed by atoms with van der Waals surface area (Å²) in [4.78, 5) is 12.9. The molecular weight excluding hydrogens is 414 g/mol. The first-order valence-corrected chi connectivity index (χ1v) is 11.9. The lowest BCUT2D eigenvalue weighted by Gasteiger charge is -2.39. The quantitative estimate of drug-likeness (QED) is 0.605. The molecule has 2 fully saturated rings. The van der Waals surface area contributed by atoms with Crippen molar-refractivity contribution in [2.45, 2.75) is 51.9 Å². The molecule has 1 aliphatic heterocycles. The highest BCUT2D eigenvalue weighted by atomic mass is 16.5. The standard InChI is InChI=1S/C17H25NO2.C8H10N2O.C2H6.H2/c1-18-11-14-6-4-5-9-17(14,12-18)13-7-8-15(19-2)16(10-13)20-3;1-6-2-4-7(5-3-6)10-8(9)11;1-2;/h7-8,10,14H,4-6,9,11-12H2,1-3H3;2-5H,1H3,(H3,9,10,11);1-2H3;1H/t14?,17-;;;/m0.../s1. The number of amides is 2. The van der Waals surface area contributed by atoms with Crippen LogP contribution in [0.2, 0.25) is 0 Å². The molecule has 1 saturated carbocycles. The Balaban J connectivity index is 0.000000354. The Labute approximate surface area is 200 Å². The van der Waals surface area contributed by atoms with Gasteiger partial charge >= 0.3 is 6.03 Å². The zero-order valence-corrected chi connectivity index (χ0v) is 21.1. The summed E-state index contributed by atoms with van der Waals surface area (Å²) in [7, 11) is 5.67. The second-order valence-corrected chi connectivity index (χ2v) is 8.72. The van der Waals surface area contributed by atoms with E-state index in [4.69, 9.17) is 15.2 Å². The highest BCUT2D eigenvalue weighted by Gasteiger charge is 2.47. The van der Waals surface area contributed by atoms with Gasteiger partial charge in [-0.1, -0.05) is 50.5 Å². The fourth-order valence-electron chi connectivity index (χ4n) is 5.10. The summed E-state index contributed by atoms with van der Waals surface area (Å²) in [5.41, 5.74) is 8.55. The molecule has 1 saturated heterocycles. The van der Waals surface area contributed by atoms with Crippen LogP contribution in [0.4, 0.5) is 10.5 Å². The van der Waals surface area contributed by atoms with Gasteiger partial charge in [-0.3, -0.25) is 0 Å². The molecule has 3 N–H and O–H groups in total. The minimum Gasteiger partial charge on any atom is -0.493 e. The average molecular weight is 458 g/mol. The predicted octanol–water partition coefficient (Wildman–Crippen LogP) is 5.84. The first-order valence-electron chi connectivity index (χ1n) is 11.9. The smallest absolute Gasteiger partial charge is 0.316 e. The molecule has 33 heavy (non-hydrogen) atoms. The number of rotatable bonds is 4. The number of nitrogens with one attached hydrogen (secondary N) is 1. The monoisotopic (exact) mass is 457 g/mol. The molecule has 0 bridgehead atoms. The van der Waals surface area contributed by atoms with Gasteiger partial charge in [-0.2, -0.15) is 0 Å². The van der Waals surface area contributed by atoms with E-state index in [2.05, 4.69) is 35.5 Å². The SMILES string of the molecule is CC.COc1ccc([C@@]23CCCCC2CN(C)C3)cc1OC.Cc1ccc(NC(N)=O)cc1.[HH]. The summed E-state index contributed by atoms with van der Waals surface area (Å²) in [5, 5.41) is 2.47. The van der Waals surface area contributed by atoms with Crippen LogP contribution in [-0.2, 0) is 5.41 Å². The van der Waals surface area contributed by atoms with Crippen LogP contribution >= 0.6 is 0 Å². The van der Waals surface area contributed by atoms with Crippen LogP contribution in [0.15, 0.2) is 42.5 Å². The number of likely N-dealkylation sites (tertiary alicyclic amines) is 1. The van der Waals surface area contributed by atoms with Crippen molar-refractivity contribution in [3.8, 4) is 11.5 Å². The Bertz CT molecular complexity index is 891. The lowest BCUT2D eigenvalue weighted by atomic mass is 9.64. The summed E-state index contributed by atoms with van der Waals surface area (Å²) >= 11 is 0. The van der Waals surface area contributed by atoms with Gasteiger partial charge in [0.15, 0.2) is 11.5 Å². The van der Waals surface area contributed by atoms with Gasteiger partial charge in [-0.05, 0) is 62.6 Å². The Morgan fingerprint density at radius 3 is 2.36 bits per heavy atom. The van der Waals surface area contributed by atoms with Crippen molar-refractivity contribution < 1.29 is 15.7 Å². The van der Waals surface area contributed by atoms with E-state index in [1.165, 1.54) is 44.3 Å². The number of hydrogen-bond donors (Lipinski definition) is 2. The number of fused-ring (bicyclic) bond motifs is 1. The number of benzene rings is 2. The number of nitrogens with two attached hydrogens (primary N) is 1. The van der Waals surface area contributed by atoms with Crippen molar-refractivity contribution >= 4 is 11.7 Å². The maximum atomic E-state index is 10.4. The Morgan fingerprint density at radius 2 is 1.76 bits per heavy atom. The van der Waals surface area contributed by atoms with Gasteiger partial charge in [0.25, 0.3) is 0 Å². The number of likely N-dealkylation sites (N-methyl/N-ethyl adjacent to an activating group) is 1. The number of methoxy groups -OCH3 is 2. The second-order valence-electron chi connectivity index (χ2n) is 8.72. The molecule has 4 rings (SSSR count). The van der Waals surface area contributed by atoms with E-state index in [-0.39, 0.29) is 1.43 Å². The van der Waals surface area contributed by atoms with E-state index < -0.39 is 6.03 Å². The third-order valence-corrected chi connectivity index (χ3v) is 6.57. The molecule has 6 nitrogen and oxygen atoms in total. The summed E-state index contributed by atoms with van der Waals surface area (Å²) < 4.78 is 10.9. The van der Waals surface area contributed by atoms with Gasteiger partial charge in [-0.25, -0.2) is 4.79 Å². The van der Waals surface area contributed by atoms with Gasteiger partial charge in [0.05, 0.1) is 14.2 Å². The molecule has 2 amide bonds. The third kappa shape index (κ3) is 6.64. The van der Waals surface area contributed by atoms with Gasteiger partial charge in [0.1, 0.15) is 0 Å². The summed E-state index contributed by atoms with van der Waals surface area (Å²) in [6.07, 6.45) is 5.39. The highest BCUT2D eigenvalue weighted by molar-refractivity contribution is 5.87. The zero-order chi connectivity index (χ0) is 24.4. The molecule has 2 aromatic carbocycles. The Kier molecular flexibility index (Phi) is 10.0. The predicted molar refractivity (Wildman–Crippen MR) is 139 cm³/mol. The van der Waals surface area contributed by atoms with Gasteiger partial charge < -0.3 is 25.4 Å². The number of aryl methyl sites for hydroxylation is 1. The number of nitrogens with zero attached hydrogens (tertiary/aromatic N) is 1. The first-order chi connectivity index (χ1) is 15.9. The minimum atomic E-state index is -0.533. The van der Waals surface area contributed by atoms with E-state index >= 15 is 0 Å². The van der Waals surface area contributed by atoms with E-state index in [0.717, 1.165) is 28.7 Å². The number of ether oxygens (including phenoxy) is 2. The molecular formula is C27H43N3O3. The Hall–Kier alpha value is -2.73. The minimum absolute atomic E-state index is 0. The molecule has 1 unspecified atom stereocenters. The number of primary amides is 1. The lowest BCUT2D eigenvalue weighted by molar-refractivity contribution is 0.240. The molecule has 1 heterocycles. The molecule has 0 spiro atoms. The van der Waals surface area contributed by atoms with Crippen molar-refractivity contribution in [1.29, 1.82) is 0 Å². The molecule has 2 atom stereocenters. The molecule has 1 aliphatic carbocycles. The van der Waals surface area contributed by atoms with Gasteiger partial charge in [0, 0.05) is 25.6 Å². The molecule has 0 radical (unpaired) electrons. The van der Waals surface area contributed by atoms with Crippen molar-refractivity contribution in [1.82, 2.24) is 4.90 Å². The fraction of sp³-hybridized carbons (Fsp3) is 0.519. The number of urea groups is 1. The number of carbonyl (C=O) groups excluding carboxylic acids is 1. The highest BCUT2D eigenvalue weighted by Crippen LogP contribution is 2.49. The molecule has 2 aliphatic rings. The van der Waals surface area contributed by atoms with Crippen molar-refractivity contribution in [3.63, 3.8) is 0 Å². The van der Waals surface area contributed by atoms with Crippen molar-refractivity contribution in [2.75, 3.05) is 39.7 Å². The molecule has 184 valence electrons. The van der Waals surface area contributed by atoms with Crippen LogP contribution in [0.1, 0.15) is 52.1 Å². The van der Waals surface area contributed by atoms with E-state index in [0.29, 0.717) is 5.41 Å².